The molecule has 0 N–H and O–H groups in total. The molecule has 0 aliphatic rings. The number of rotatable bonds is 7. The lowest BCUT2D eigenvalue weighted by atomic mass is 10.3. The molecule has 0 aliphatic carbocycles. The Morgan fingerprint density at radius 1 is 1.21 bits per heavy atom. The summed E-state index contributed by atoms with van der Waals surface area (Å²) in [6.45, 7) is 4.33. The summed E-state index contributed by atoms with van der Waals surface area (Å²) < 4.78 is 7.47. The lowest BCUT2D eigenvalue weighted by Gasteiger charge is -2.17. The number of hydrogen-bond acceptors (Lipinski definition) is 7. The molecule has 0 radical (unpaired) electrons. The Morgan fingerprint density at radius 3 is 2.72 bits per heavy atom. The van der Waals surface area contributed by atoms with Crippen molar-refractivity contribution in [3.63, 3.8) is 0 Å². The fraction of sp³-hybridized carbons (Fsp3) is 0.200. The van der Waals surface area contributed by atoms with Crippen LogP contribution in [0.15, 0.2) is 63.7 Å². The molecular weight excluding hydrogens is 406 g/mol. The normalized spacial score (nSPS) is 11.0. The molecule has 4 aromatic rings. The van der Waals surface area contributed by atoms with Gasteiger partial charge in [-0.15, -0.1) is 21.5 Å². The van der Waals surface area contributed by atoms with E-state index in [1.54, 1.807) is 29.8 Å². The second-order valence-corrected chi connectivity index (χ2v) is 7.91. The number of benzene rings is 1. The highest BCUT2D eigenvalue weighted by molar-refractivity contribution is 7.98. The van der Waals surface area contributed by atoms with Crippen LogP contribution in [-0.2, 0) is 17.1 Å². The Hall–Kier alpha value is -2.91. The Labute approximate surface area is 176 Å². The predicted molar refractivity (Wildman–Crippen MR) is 114 cm³/mol. The molecule has 7 nitrogen and oxygen atoms in total. The van der Waals surface area contributed by atoms with E-state index in [9.17, 15) is 4.79 Å². The third-order valence-electron chi connectivity index (χ3n) is 4.18. The highest BCUT2D eigenvalue weighted by atomic mass is 32.2. The molecule has 1 aromatic carbocycles. The van der Waals surface area contributed by atoms with Crippen LogP contribution in [0.1, 0.15) is 19.5 Å². The number of thiazole rings is 1. The minimum absolute atomic E-state index is 0.0708. The van der Waals surface area contributed by atoms with E-state index in [1.807, 2.05) is 59.3 Å². The largest absolute Gasteiger partial charge is 0.461 e. The summed E-state index contributed by atoms with van der Waals surface area (Å²) in [6.07, 6.45) is 1.63. The van der Waals surface area contributed by atoms with Crippen LogP contribution < -0.4 is 4.90 Å². The Morgan fingerprint density at radius 2 is 2.03 bits per heavy atom. The van der Waals surface area contributed by atoms with Gasteiger partial charge in [0.25, 0.3) is 0 Å². The lowest BCUT2D eigenvalue weighted by Crippen LogP contribution is -2.22. The van der Waals surface area contributed by atoms with E-state index in [4.69, 9.17) is 4.42 Å². The van der Waals surface area contributed by atoms with Crippen LogP contribution in [0.5, 0.6) is 0 Å². The molecule has 0 aliphatic heterocycles. The summed E-state index contributed by atoms with van der Waals surface area (Å²) in [5.74, 6) is 1.97. The Kier molecular flexibility index (Phi) is 5.77. The molecule has 3 aromatic heterocycles. The third kappa shape index (κ3) is 4.10. The molecule has 0 unspecified atom stereocenters. The number of aromatic nitrogens is 4. The van der Waals surface area contributed by atoms with Crippen molar-refractivity contribution in [2.75, 3.05) is 4.90 Å². The SMILES string of the molecule is CCn1c(SCc2csc(N(C(C)=O)c3ccccc3)n2)nnc1-c1ccco1. The average molecular weight is 426 g/mol. The summed E-state index contributed by atoms with van der Waals surface area (Å²) >= 11 is 3.01. The van der Waals surface area contributed by atoms with Crippen LogP contribution in [0, 0.1) is 0 Å². The lowest BCUT2D eigenvalue weighted by molar-refractivity contribution is -0.115. The molecule has 0 spiro atoms. The number of thioether (sulfide) groups is 1. The Balaban J connectivity index is 1.51. The summed E-state index contributed by atoms with van der Waals surface area (Å²) in [4.78, 5) is 18.5. The third-order valence-corrected chi connectivity index (χ3v) is 6.06. The van der Waals surface area contributed by atoms with Crippen molar-refractivity contribution in [1.29, 1.82) is 0 Å². The van der Waals surface area contributed by atoms with E-state index in [1.165, 1.54) is 11.3 Å². The zero-order valence-corrected chi connectivity index (χ0v) is 17.6. The maximum atomic E-state index is 12.2. The molecule has 29 heavy (non-hydrogen) atoms. The zero-order valence-electron chi connectivity index (χ0n) is 16.0. The summed E-state index contributed by atoms with van der Waals surface area (Å²) in [7, 11) is 0. The van der Waals surface area contributed by atoms with Gasteiger partial charge in [-0.1, -0.05) is 30.0 Å². The first-order valence-corrected chi connectivity index (χ1v) is 10.9. The number of furan rings is 1. The summed E-state index contributed by atoms with van der Waals surface area (Å²) in [5, 5.41) is 12.0. The van der Waals surface area contributed by atoms with Gasteiger partial charge in [-0.25, -0.2) is 4.98 Å². The van der Waals surface area contributed by atoms with Crippen LogP contribution >= 0.6 is 23.1 Å². The standard InChI is InChI=1S/C20H19N5O2S2/c1-3-24-18(17-10-7-11-27-17)22-23-20(24)29-13-15-12-28-19(21-15)25(14(2)26)16-8-5-4-6-9-16/h4-12H,3,13H2,1-2H3. The average Bonchev–Trinajstić information content (AvgIpc) is 3.47. The van der Waals surface area contributed by atoms with Gasteiger partial charge in [-0.05, 0) is 31.2 Å². The van der Waals surface area contributed by atoms with Gasteiger partial charge >= 0.3 is 0 Å². The predicted octanol–water partition coefficient (Wildman–Crippen LogP) is 4.99. The van der Waals surface area contributed by atoms with E-state index >= 15 is 0 Å². The second kappa shape index (κ2) is 8.62. The topological polar surface area (TPSA) is 77.1 Å². The van der Waals surface area contributed by atoms with E-state index in [2.05, 4.69) is 15.2 Å². The van der Waals surface area contributed by atoms with Crippen LogP contribution in [0.4, 0.5) is 10.8 Å². The molecule has 0 fully saturated rings. The van der Waals surface area contributed by atoms with Crippen molar-refractivity contribution in [2.45, 2.75) is 31.3 Å². The number of amides is 1. The fourth-order valence-corrected chi connectivity index (χ4v) is 4.76. The monoisotopic (exact) mass is 425 g/mol. The first kappa shape index (κ1) is 19.4. The van der Waals surface area contributed by atoms with Crippen molar-refractivity contribution in [1.82, 2.24) is 19.7 Å². The smallest absolute Gasteiger partial charge is 0.230 e. The molecule has 9 heteroatoms. The van der Waals surface area contributed by atoms with Gasteiger partial charge in [-0.3, -0.25) is 14.3 Å². The zero-order chi connectivity index (χ0) is 20.2. The number of carbonyl (C=O) groups is 1. The quantitative estimate of drug-likeness (QED) is 0.388. The van der Waals surface area contributed by atoms with Gasteiger partial charge in [0.2, 0.25) is 5.91 Å². The number of hydrogen-bond donors (Lipinski definition) is 0. The van der Waals surface area contributed by atoms with Crippen molar-refractivity contribution in [2.24, 2.45) is 0 Å². The minimum Gasteiger partial charge on any atom is -0.461 e. The first-order valence-electron chi connectivity index (χ1n) is 9.07. The van der Waals surface area contributed by atoms with Gasteiger partial charge in [-0.2, -0.15) is 0 Å². The minimum atomic E-state index is -0.0708. The number of nitrogens with zero attached hydrogens (tertiary/aromatic N) is 5. The van der Waals surface area contributed by atoms with Gasteiger partial charge in [0.15, 0.2) is 21.9 Å². The van der Waals surface area contributed by atoms with Crippen molar-refractivity contribution in [3.05, 3.63) is 59.8 Å². The first-order chi connectivity index (χ1) is 14.2. The molecular formula is C20H19N5O2S2. The van der Waals surface area contributed by atoms with Gasteiger partial charge in [0.1, 0.15) is 0 Å². The van der Waals surface area contributed by atoms with Crippen LogP contribution in [-0.4, -0.2) is 25.7 Å². The van der Waals surface area contributed by atoms with Crippen LogP contribution in [0.25, 0.3) is 11.6 Å². The van der Waals surface area contributed by atoms with E-state index in [0.29, 0.717) is 22.5 Å². The molecule has 3 heterocycles. The molecule has 0 saturated heterocycles. The van der Waals surface area contributed by atoms with Crippen molar-refractivity contribution < 1.29 is 9.21 Å². The van der Waals surface area contributed by atoms with Crippen LogP contribution in [0.3, 0.4) is 0 Å². The van der Waals surface area contributed by atoms with Crippen LogP contribution in [0.2, 0.25) is 0 Å². The molecule has 4 rings (SSSR count). The highest BCUT2D eigenvalue weighted by Crippen LogP contribution is 2.31. The number of carbonyl (C=O) groups excluding carboxylic acids is 1. The fourth-order valence-electron chi connectivity index (χ4n) is 2.88. The van der Waals surface area contributed by atoms with E-state index in [0.717, 1.165) is 23.1 Å². The number of para-hydroxylation sites is 1. The number of anilines is 2. The van der Waals surface area contributed by atoms with E-state index in [-0.39, 0.29) is 5.91 Å². The maximum absolute atomic E-state index is 12.2. The maximum Gasteiger partial charge on any atom is 0.230 e. The molecule has 0 atom stereocenters. The highest BCUT2D eigenvalue weighted by Gasteiger charge is 2.19. The summed E-state index contributed by atoms with van der Waals surface area (Å²) in [5.41, 5.74) is 1.70. The van der Waals surface area contributed by atoms with Gasteiger partial charge in [0.05, 0.1) is 17.6 Å². The van der Waals surface area contributed by atoms with Crippen molar-refractivity contribution >= 4 is 39.8 Å². The molecule has 0 bridgehead atoms. The van der Waals surface area contributed by atoms with E-state index < -0.39 is 0 Å². The Bertz CT molecular complexity index is 1090. The van der Waals surface area contributed by atoms with Gasteiger partial charge in [0, 0.05) is 24.6 Å². The molecule has 148 valence electrons. The molecule has 1 amide bonds. The molecule has 0 saturated carbocycles. The summed E-state index contributed by atoms with van der Waals surface area (Å²) in [6, 6.07) is 13.2. The van der Waals surface area contributed by atoms with Crippen molar-refractivity contribution in [3.8, 4) is 11.6 Å². The second-order valence-electron chi connectivity index (χ2n) is 6.13. The van der Waals surface area contributed by atoms with Gasteiger partial charge < -0.3 is 4.42 Å².